The number of nitro benzene ring substituents is 1. The molecule has 1 atom stereocenters. The van der Waals surface area contributed by atoms with Crippen molar-refractivity contribution in [3.05, 3.63) is 148 Å². The van der Waals surface area contributed by atoms with Crippen molar-refractivity contribution in [2.75, 3.05) is 72.4 Å². The van der Waals surface area contributed by atoms with E-state index in [1.54, 1.807) is 49.4 Å². The van der Waals surface area contributed by atoms with Crippen LogP contribution in [0.5, 0.6) is 0 Å². The van der Waals surface area contributed by atoms with Crippen molar-refractivity contribution in [2.45, 2.75) is 29.2 Å². The average Bonchev–Trinajstić information content (AvgIpc) is 3.55. The predicted octanol–water partition coefficient (Wildman–Crippen LogP) is 9.20. The Labute approximate surface area is 375 Å². The van der Waals surface area contributed by atoms with E-state index < -0.39 is 26.6 Å². The van der Waals surface area contributed by atoms with Crippen LogP contribution in [0.15, 0.2) is 125 Å². The van der Waals surface area contributed by atoms with E-state index in [1.165, 1.54) is 42.1 Å². The molecule has 0 aliphatic carbocycles. The molecule has 334 valence electrons. The van der Waals surface area contributed by atoms with Gasteiger partial charge in [0.05, 0.1) is 21.1 Å². The lowest BCUT2D eigenvalue weighted by Crippen LogP contribution is -2.46. The Bertz CT molecular complexity index is 2760. The quantitative estimate of drug-likeness (QED) is 0.0456. The number of piperazine rings is 1. The van der Waals surface area contributed by atoms with Crippen LogP contribution in [0.1, 0.15) is 22.5 Å². The van der Waals surface area contributed by atoms with E-state index in [4.69, 9.17) is 0 Å². The zero-order valence-corrected chi connectivity index (χ0v) is 37.4. The second-order valence-corrected chi connectivity index (χ2v) is 18.6. The van der Waals surface area contributed by atoms with E-state index in [-0.39, 0.29) is 39.5 Å². The molecule has 0 radical (unpaired) electrons. The van der Waals surface area contributed by atoms with Gasteiger partial charge in [0.1, 0.15) is 17.3 Å². The van der Waals surface area contributed by atoms with Gasteiger partial charge in [-0.3, -0.25) is 14.8 Å². The van der Waals surface area contributed by atoms with Crippen molar-refractivity contribution < 1.29 is 32.0 Å². The molecule has 17 heteroatoms. The van der Waals surface area contributed by atoms with Crippen LogP contribution in [-0.4, -0.2) is 92.5 Å². The number of carboxylic acid groups (broad SMARTS) is 1. The SMILES string of the molecule is Cc1c(C(=O)O)c(-c2cccc(N3CCN(c4ccc(NS(=O)(=O)c5ccc(N[C@H](CCN(C)C)CSc6ccccc6F)c([N+](=O)[O-])c5)cc4)CC3)c2)c(-c2ccc(F)cc2)n1C. The normalized spacial score (nSPS) is 13.5. The Balaban J connectivity index is 1.01. The molecule has 0 saturated carbocycles. The van der Waals surface area contributed by atoms with E-state index in [0.29, 0.717) is 72.3 Å². The summed E-state index contributed by atoms with van der Waals surface area (Å²) in [6, 6.07) is 30.6. The van der Waals surface area contributed by atoms with Gasteiger partial charge in [-0.1, -0.05) is 24.3 Å². The molecule has 2 heterocycles. The van der Waals surface area contributed by atoms with Crippen LogP contribution in [0.2, 0.25) is 0 Å². The number of hydrogen-bond donors (Lipinski definition) is 3. The fourth-order valence-electron chi connectivity index (χ4n) is 7.86. The van der Waals surface area contributed by atoms with Gasteiger partial charge in [0.2, 0.25) is 0 Å². The number of anilines is 4. The first-order valence-electron chi connectivity index (χ1n) is 20.6. The molecular formula is C47H49F2N7O6S2. The number of rotatable bonds is 17. The first-order valence-corrected chi connectivity index (χ1v) is 23.0. The molecule has 1 saturated heterocycles. The number of carbonyl (C=O) groups is 1. The van der Waals surface area contributed by atoms with Crippen LogP contribution in [0.25, 0.3) is 22.4 Å². The maximum absolute atomic E-state index is 14.3. The van der Waals surface area contributed by atoms with Gasteiger partial charge < -0.3 is 29.7 Å². The van der Waals surface area contributed by atoms with Crippen molar-refractivity contribution >= 4 is 56.2 Å². The zero-order chi connectivity index (χ0) is 45.7. The lowest BCUT2D eigenvalue weighted by molar-refractivity contribution is -0.384. The van der Waals surface area contributed by atoms with E-state index in [0.717, 1.165) is 23.0 Å². The van der Waals surface area contributed by atoms with Gasteiger partial charge in [0.25, 0.3) is 15.7 Å². The van der Waals surface area contributed by atoms with Crippen LogP contribution in [-0.2, 0) is 17.1 Å². The molecule has 0 bridgehead atoms. The van der Waals surface area contributed by atoms with Crippen molar-refractivity contribution in [3.8, 4) is 22.4 Å². The smallest absolute Gasteiger partial charge is 0.338 e. The molecule has 0 amide bonds. The predicted molar refractivity (Wildman–Crippen MR) is 250 cm³/mol. The Hall–Kier alpha value is -6.43. The monoisotopic (exact) mass is 909 g/mol. The summed E-state index contributed by atoms with van der Waals surface area (Å²) >= 11 is 1.30. The molecule has 1 aromatic heterocycles. The third-order valence-electron chi connectivity index (χ3n) is 11.3. The molecule has 1 aliphatic heterocycles. The molecule has 3 N–H and O–H groups in total. The van der Waals surface area contributed by atoms with Crippen molar-refractivity contribution in [1.29, 1.82) is 0 Å². The second-order valence-electron chi connectivity index (χ2n) is 15.8. The zero-order valence-electron chi connectivity index (χ0n) is 35.8. The third kappa shape index (κ3) is 10.3. The fraction of sp³-hybridized carbons (Fsp3) is 0.255. The molecule has 1 aliphatic rings. The lowest BCUT2D eigenvalue weighted by Gasteiger charge is -2.37. The number of carboxylic acids is 1. The Morgan fingerprint density at radius 3 is 2.19 bits per heavy atom. The third-order valence-corrected chi connectivity index (χ3v) is 13.9. The lowest BCUT2D eigenvalue weighted by atomic mass is 9.96. The molecule has 64 heavy (non-hydrogen) atoms. The summed E-state index contributed by atoms with van der Waals surface area (Å²) < 4.78 is 59.7. The topological polar surface area (TPSA) is 153 Å². The number of nitrogens with one attached hydrogen (secondary N) is 2. The molecule has 7 rings (SSSR count). The van der Waals surface area contributed by atoms with Crippen LogP contribution in [0, 0.1) is 28.7 Å². The van der Waals surface area contributed by atoms with Gasteiger partial charge in [0.15, 0.2) is 0 Å². The highest BCUT2D eigenvalue weighted by atomic mass is 32.2. The number of benzene rings is 5. The number of nitrogens with zero attached hydrogens (tertiary/aromatic N) is 5. The van der Waals surface area contributed by atoms with Gasteiger partial charge in [-0.15, -0.1) is 11.8 Å². The maximum Gasteiger partial charge on any atom is 0.338 e. The fourth-order valence-corrected chi connectivity index (χ4v) is 9.95. The molecule has 13 nitrogen and oxygen atoms in total. The summed E-state index contributed by atoms with van der Waals surface area (Å²) in [5.41, 5.74) is 5.32. The van der Waals surface area contributed by atoms with Crippen LogP contribution in [0.3, 0.4) is 0 Å². The molecule has 0 spiro atoms. The summed E-state index contributed by atoms with van der Waals surface area (Å²) in [4.78, 5) is 30.8. The number of halogens is 2. The standard InChI is InChI=1S/C47H49F2N7O6S2/c1-31-44(47(57)58)45(46(53(31)4)32-12-14-34(48)15-13-32)33-8-7-9-38(28-33)55-26-24-54(25-27-55)37-18-16-35(17-19-37)51-64(61,62)39-20-21-41(42(29-39)56(59)60)50-36(22-23-52(2)3)30-63-43-11-6-5-10-40(43)49/h5-21,28-29,36,50-51H,22-27,30H2,1-4H3,(H,57,58)/t36-/m1/s1. The first kappa shape index (κ1) is 45.6. The largest absolute Gasteiger partial charge is 0.478 e. The van der Waals surface area contributed by atoms with Gasteiger partial charge in [0, 0.05) is 84.3 Å². The van der Waals surface area contributed by atoms with E-state index in [1.807, 2.05) is 67.0 Å². The molecule has 5 aromatic carbocycles. The molecule has 6 aromatic rings. The average molecular weight is 910 g/mol. The molecule has 0 unspecified atom stereocenters. The molecule has 1 fully saturated rings. The van der Waals surface area contributed by atoms with Gasteiger partial charge in [-0.25, -0.2) is 22.0 Å². The summed E-state index contributed by atoms with van der Waals surface area (Å²) in [5.74, 6) is -1.36. The van der Waals surface area contributed by atoms with Gasteiger partial charge >= 0.3 is 5.97 Å². The van der Waals surface area contributed by atoms with Crippen molar-refractivity contribution in [3.63, 3.8) is 0 Å². The summed E-state index contributed by atoms with van der Waals surface area (Å²) in [6.45, 7) is 5.06. The van der Waals surface area contributed by atoms with Crippen LogP contribution in [0.4, 0.5) is 37.2 Å². The van der Waals surface area contributed by atoms with Crippen molar-refractivity contribution in [1.82, 2.24) is 9.47 Å². The van der Waals surface area contributed by atoms with Gasteiger partial charge in [-0.05, 0) is 130 Å². The van der Waals surface area contributed by atoms with E-state index in [2.05, 4.69) is 19.8 Å². The van der Waals surface area contributed by atoms with E-state index in [9.17, 15) is 37.2 Å². The number of nitro groups is 1. The highest BCUT2D eigenvalue weighted by Gasteiger charge is 2.28. The van der Waals surface area contributed by atoms with E-state index >= 15 is 0 Å². The van der Waals surface area contributed by atoms with Crippen LogP contribution < -0.4 is 19.8 Å². The molecular weight excluding hydrogens is 861 g/mol. The Morgan fingerprint density at radius 2 is 1.55 bits per heavy atom. The first-order chi connectivity index (χ1) is 30.6. The summed E-state index contributed by atoms with van der Waals surface area (Å²) in [5, 5.41) is 25.8. The Morgan fingerprint density at radius 1 is 0.875 bits per heavy atom. The minimum Gasteiger partial charge on any atom is -0.478 e. The Kier molecular flexibility index (Phi) is 13.9. The highest BCUT2D eigenvalue weighted by Crippen LogP contribution is 2.40. The minimum absolute atomic E-state index is 0.161. The maximum atomic E-state index is 14.3. The number of aromatic carboxylic acids is 1. The number of thioether (sulfide) groups is 1. The summed E-state index contributed by atoms with van der Waals surface area (Å²) in [6.07, 6.45) is 0.597. The second kappa shape index (κ2) is 19.5. The number of sulfonamides is 1. The van der Waals surface area contributed by atoms with Crippen molar-refractivity contribution in [2.24, 2.45) is 7.05 Å². The summed E-state index contributed by atoms with van der Waals surface area (Å²) in [7, 11) is 1.41. The number of aromatic nitrogens is 1. The minimum atomic E-state index is -4.22. The van der Waals surface area contributed by atoms with Crippen LogP contribution >= 0.6 is 11.8 Å². The highest BCUT2D eigenvalue weighted by molar-refractivity contribution is 7.99. The number of hydrogen-bond acceptors (Lipinski definition) is 10. The van der Waals surface area contributed by atoms with Gasteiger partial charge in [-0.2, -0.15) is 0 Å².